The van der Waals surface area contributed by atoms with Gasteiger partial charge in [-0.15, -0.1) is 12.4 Å². The first-order chi connectivity index (χ1) is 10.3. The minimum Gasteiger partial charge on any atom is -0.444 e. The number of rotatable bonds is 4. The molecule has 3 rings (SSSR count). The van der Waals surface area contributed by atoms with Crippen LogP contribution in [0.25, 0.3) is 11.5 Å². The smallest absolute Gasteiger partial charge is 0.226 e. The summed E-state index contributed by atoms with van der Waals surface area (Å²) in [6, 6.07) is 8.74. The molecule has 1 aliphatic heterocycles. The summed E-state index contributed by atoms with van der Waals surface area (Å²) in [4.78, 5) is 7.05. The van der Waals surface area contributed by atoms with Crippen LogP contribution in [0, 0.1) is 6.92 Å². The third-order valence-corrected chi connectivity index (χ3v) is 4.24. The van der Waals surface area contributed by atoms with Gasteiger partial charge in [-0.25, -0.2) is 4.98 Å². The van der Waals surface area contributed by atoms with Gasteiger partial charge >= 0.3 is 0 Å². The minimum atomic E-state index is 0. The number of benzene rings is 1. The highest BCUT2D eigenvalue weighted by molar-refractivity contribution is 5.85. The molecule has 1 aromatic carbocycles. The predicted molar refractivity (Wildman–Crippen MR) is 91.0 cm³/mol. The molecule has 0 saturated carbocycles. The van der Waals surface area contributed by atoms with Crippen LogP contribution in [0.15, 0.2) is 34.9 Å². The normalized spacial score (nSPS) is 18.9. The average molecular weight is 322 g/mol. The number of aryl methyl sites for hydroxylation is 1. The fourth-order valence-electron chi connectivity index (χ4n) is 2.95. The molecule has 5 heteroatoms. The van der Waals surface area contributed by atoms with Crippen molar-refractivity contribution in [1.82, 2.24) is 9.88 Å². The first-order valence-electron chi connectivity index (χ1n) is 7.72. The van der Waals surface area contributed by atoms with Gasteiger partial charge in [-0.1, -0.05) is 24.1 Å². The molecule has 1 unspecified atom stereocenters. The molecular formula is C17H24ClN3O. The molecule has 1 aromatic heterocycles. The van der Waals surface area contributed by atoms with E-state index in [1.54, 1.807) is 6.26 Å². The van der Waals surface area contributed by atoms with Crippen LogP contribution in [0.2, 0.25) is 0 Å². The van der Waals surface area contributed by atoms with E-state index in [1.165, 1.54) is 24.8 Å². The van der Waals surface area contributed by atoms with Crippen LogP contribution < -0.4 is 5.73 Å². The number of aromatic nitrogens is 1. The van der Waals surface area contributed by atoms with E-state index < -0.39 is 0 Å². The lowest BCUT2D eigenvalue weighted by Gasteiger charge is -2.34. The van der Waals surface area contributed by atoms with Crippen LogP contribution in [-0.2, 0) is 6.54 Å². The molecule has 1 atom stereocenters. The summed E-state index contributed by atoms with van der Waals surface area (Å²) in [6.07, 6.45) is 5.50. The SMILES string of the molecule is Cc1ccc(-c2nc(CN3CCCCC3CN)co2)cc1.Cl. The molecule has 0 amide bonds. The lowest BCUT2D eigenvalue weighted by molar-refractivity contribution is 0.143. The lowest BCUT2D eigenvalue weighted by atomic mass is 10.0. The Morgan fingerprint density at radius 2 is 2.05 bits per heavy atom. The van der Waals surface area contributed by atoms with E-state index in [9.17, 15) is 0 Å². The van der Waals surface area contributed by atoms with Crippen LogP contribution in [-0.4, -0.2) is 29.0 Å². The summed E-state index contributed by atoms with van der Waals surface area (Å²) >= 11 is 0. The summed E-state index contributed by atoms with van der Waals surface area (Å²) in [5.74, 6) is 0.700. The Morgan fingerprint density at radius 1 is 1.27 bits per heavy atom. The van der Waals surface area contributed by atoms with Crippen molar-refractivity contribution in [3.05, 3.63) is 41.8 Å². The van der Waals surface area contributed by atoms with Crippen LogP contribution >= 0.6 is 12.4 Å². The zero-order valence-corrected chi connectivity index (χ0v) is 13.8. The standard InChI is InChI=1S/C17H23N3O.ClH/c1-13-5-7-14(8-6-13)17-19-15(12-21-17)11-20-9-3-2-4-16(20)10-18;/h5-8,12,16H,2-4,9-11,18H2,1H3;1H. The maximum Gasteiger partial charge on any atom is 0.226 e. The second kappa shape index (κ2) is 7.77. The van der Waals surface area contributed by atoms with Gasteiger partial charge in [0.05, 0.1) is 5.69 Å². The summed E-state index contributed by atoms with van der Waals surface area (Å²) in [5, 5.41) is 0. The van der Waals surface area contributed by atoms with Gasteiger partial charge in [0, 0.05) is 24.7 Å². The third-order valence-electron chi connectivity index (χ3n) is 4.24. The zero-order chi connectivity index (χ0) is 14.7. The van der Waals surface area contributed by atoms with E-state index in [0.29, 0.717) is 11.9 Å². The van der Waals surface area contributed by atoms with E-state index in [4.69, 9.17) is 10.2 Å². The molecule has 1 aliphatic rings. The molecule has 1 saturated heterocycles. The lowest BCUT2D eigenvalue weighted by Crippen LogP contribution is -2.43. The number of halogens is 1. The highest BCUT2D eigenvalue weighted by Gasteiger charge is 2.22. The Labute approximate surface area is 138 Å². The van der Waals surface area contributed by atoms with Crippen LogP contribution in [0.4, 0.5) is 0 Å². The van der Waals surface area contributed by atoms with Gasteiger partial charge in [-0.05, 0) is 38.4 Å². The van der Waals surface area contributed by atoms with Crippen molar-refractivity contribution < 1.29 is 4.42 Å². The molecule has 0 aliphatic carbocycles. The number of oxazole rings is 1. The molecule has 1 fully saturated rings. The predicted octanol–water partition coefficient (Wildman–Crippen LogP) is 3.39. The zero-order valence-electron chi connectivity index (χ0n) is 13.0. The Balaban J connectivity index is 0.00000176. The minimum absolute atomic E-state index is 0. The van der Waals surface area contributed by atoms with Crippen LogP contribution in [0.5, 0.6) is 0 Å². The molecule has 4 nitrogen and oxygen atoms in total. The molecule has 0 radical (unpaired) electrons. The van der Waals surface area contributed by atoms with Crippen molar-refractivity contribution in [2.24, 2.45) is 5.73 Å². The van der Waals surface area contributed by atoms with E-state index in [-0.39, 0.29) is 12.4 Å². The highest BCUT2D eigenvalue weighted by Crippen LogP contribution is 2.22. The number of likely N-dealkylation sites (tertiary alicyclic amines) is 1. The van der Waals surface area contributed by atoms with Crippen molar-refractivity contribution >= 4 is 12.4 Å². The third kappa shape index (κ3) is 3.88. The fourth-order valence-corrected chi connectivity index (χ4v) is 2.95. The van der Waals surface area contributed by atoms with Gasteiger partial charge in [0.25, 0.3) is 0 Å². The molecule has 2 aromatic rings. The van der Waals surface area contributed by atoms with Crippen molar-refractivity contribution in [2.45, 2.75) is 38.8 Å². The van der Waals surface area contributed by atoms with Crippen LogP contribution in [0.3, 0.4) is 0 Å². The number of nitrogens with two attached hydrogens (primary N) is 1. The maximum atomic E-state index is 5.87. The monoisotopic (exact) mass is 321 g/mol. The van der Waals surface area contributed by atoms with Gasteiger partial charge in [0.1, 0.15) is 6.26 Å². The Bertz CT molecular complexity index is 582. The largest absolute Gasteiger partial charge is 0.444 e. The van der Waals surface area contributed by atoms with Gasteiger partial charge in [-0.3, -0.25) is 4.90 Å². The van der Waals surface area contributed by atoms with Crippen molar-refractivity contribution in [3.8, 4) is 11.5 Å². The Hall–Kier alpha value is -1.36. The topological polar surface area (TPSA) is 55.3 Å². The molecule has 120 valence electrons. The van der Waals surface area contributed by atoms with Gasteiger partial charge in [0.2, 0.25) is 5.89 Å². The van der Waals surface area contributed by atoms with Crippen LogP contribution in [0.1, 0.15) is 30.5 Å². The molecule has 22 heavy (non-hydrogen) atoms. The second-order valence-electron chi connectivity index (χ2n) is 5.87. The first-order valence-corrected chi connectivity index (χ1v) is 7.72. The van der Waals surface area contributed by atoms with Gasteiger partial charge in [0.15, 0.2) is 0 Å². The van der Waals surface area contributed by atoms with E-state index >= 15 is 0 Å². The van der Waals surface area contributed by atoms with Gasteiger partial charge in [-0.2, -0.15) is 0 Å². The number of nitrogens with zero attached hydrogens (tertiary/aromatic N) is 2. The highest BCUT2D eigenvalue weighted by atomic mass is 35.5. The quantitative estimate of drug-likeness (QED) is 0.938. The maximum absolute atomic E-state index is 5.87. The van der Waals surface area contributed by atoms with E-state index in [0.717, 1.165) is 30.9 Å². The average Bonchev–Trinajstić information content (AvgIpc) is 2.97. The molecule has 2 N–H and O–H groups in total. The van der Waals surface area contributed by atoms with E-state index in [2.05, 4.69) is 41.1 Å². The Morgan fingerprint density at radius 3 is 2.77 bits per heavy atom. The number of hydrogen-bond donors (Lipinski definition) is 1. The molecule has 0 bridgehead atoms. The molecule has 2 heterocycles. The van der Waals surface area contributed by atoms with Crippen molar-refractivity contribution in [1.29, 1.82) is 0 Å². The van der Waals surface area contributed by atoms with Crippen molar-refractivity contribution in [2.75, 3.05) is 13.1 Å². The summed E-state index contributed by atoms with van der Waals surface area (Å²) < 4.78 is 5.63. The van der Waals surface area contributed by atoms with Crippen molar-refractivity contribution in [3.63, 3.8) is 0 Å². The Kier molecular flexibility index (Phi) is 6.00. The summed E-state index contributed by atoms with van der Waals surface area (Å²) in [7, 11) is 0. The number of piperidine rings is 1. The fraction of sp³-hybridized carbons (Fsp3) is 0.471. The first kappa shape index (κ1) is 17.0. The second-order valence-corrected chi connectivity index (χ2v) is 5.87. The van der Waals surface area contributed by atoms with E-state index in [1.807, 2.05) is 0 Å². The molecule has 0 spiro atoms. The molecular weight excluding hydrogens is 298 g/mol. The summed E-state index contributed by atoms with van der Waals surface area (Å²) in [6.45, 7) is 4.74. The summed E-state index contributed by atoms with van der Waals surface area (Å²) in [5.41, 5.74) is 9.13. The van der Waals surface area contributed by atoms with Gasteiger partial charge < -0.3 is 10.2 Å². The number of hydrogen-bond acceptors (Lipinski definition) is 4.